The van der Waals surface area contributed by atoms with Gasteiger partial charge in [-0.05, 0) is 37.1 Å². The highest BCUT2D eigenvalue weighted by Crippen LogP contribution is 2.22. The maximum atomic E-state index is 5.42. The number of aryl methyl sites for hydroxylation is 3. The summed E-state index contributed by atoms with van der Waals surface area (Å²) < 4.78 is 5.42. The summed E-state index contributed by atoms with van der Waals surface area (Å²) >= 11 is 0. The van der Waals surface area contributed by atoms with E-state index in [1.165, 1.54) is 11.1 Å². The molecule has 0 spiro atoms. The molecule has 0 saturated heterocycles. The Morgan fingerprint density at radius 1 is 1.09 bits per heavy atom. The highest BCUT2D eigenvalue weighted by Gasteiger charge is 2.08. The standard InChI is InChI=1S/C19H17N3O/c1-13-4-6-14(7-5-13)8-9-18-21-16-11-15(12-20-19(16)22-18)17-3-2-10-23-17/h2-7,10-12H,8-9H2,1H3,(H,20,21,22). The predicted octanol–water partition coefficient (Wildman–Crippen LogP) is 4.31. The van der Waals surface area contributed by atoms with Gasteiger partial charge >= 0.3 is 0 Å². The van der Waals surface area contributed by atoms with E-state index in [9.17, 15) is 0 Å². The van der Waals surface area contributed by atoms with Crippen LogP contribution in [0.5, 0.6) is 0 Å². The lowest BCUT2D eigenvalue weighted by Gasteiger charge is -1.99. The summed E-state index contributed by atoms with van der Waals surface area (Å²) in [6, 6.07) is 14.5. The van der Waals surface area contributed by atoms with Crippen molar-refractivity contribution in [1.29, 1.82) is 0 Å². The van der Waals surface area contributed by atoms with Crippen molar-refractivity contribution in [2.45, 2.75) is 19.8 Å². The maximum absolute atomic E-state index is 5.42. The third kappa shape index (κ3) is 2.88. The summed E-state index contributed by atoms with van der Waals surface area (Å²) in [5.41, 5.74) is 5.25. The van der Waals surface area contributed by atoms with E-state index >= 15 is 0 Å². The van der Waals surface area contributed by atoms with Crippen LogP contribution in [-0.2, 0) is 12.8 Å². The van der Waals surface area contributed by atoms with Crippen molar-refractivity contribution < 1.29 is 4.42 Å². The molecule has 0 aliphatic carbocycles. The Hall–Kier alpha value is -2.88. The molecule has 0 fully saturated rings. The van der Waals surface area contributed by atoms with Gasteiger partial charge in [-0.25, -0.2) is 9.97 Å². The van der Waals surface area contributed by atoms with Crippen molar-refractivity contribution in [3.63, 3.8) is 0 Å². The molecule has 0 bridgehead atoms. The van der Waals surface area contributed by atoms with Crippen LogP contribution in [0.1, 0.15) is 17.0 Å². The number of hydrogen-bond acceptors (Lipinski definition) is 3. The molecule has 0 aliphatic rings. The van der Waals surface area contributed by atoms with E-state index in [0.29, 0.717) is 0 Å². The highest BCUT2D eigenvalue weighted by atomic mass is 16.3. The van der Waals surface area contributed by atoms with Crippen molar-refractivity contribution in [2.75, 3.05) is 0 Å². The summed E-state index contributed by atoms with van der Waals surface area (Å²) in [5, 5.41) is 0. The monoisotopic (exact) mass is 303 g/mol. The van der Waals surface area contributed by atoms with Gasteiger partial charge in [0.2, 0.25) is 0 Å². The third-order valence-electron chi connectivity index (χ3n) is 3.96. The first-order chi connectivity index (χ1) is 11.3. The minimum absolute atomic E-state index is 0.749. The molecule has 23 heavy (non-hydrogen) atoms. The van der Waals surface area contributed by atoms with Crippen LogP contribution in [0, 0.1) is 6.92 Å². The second kappa shape index (κ2) is 5.72. The zero-order valence-electron chi connectivity index (χ0n) is 12.9. The summed E-state index contributed by atoms with van der Waals surface area (Å²) in [6.45, 7) is 2.10. The fourth-order valence-electron chi connectivity index (χ4n) is 2.66. The fraction of sp³-hybridized carbons (Fsp3) is 0.158. The maximum Gasteiger partial charge on any atom is 0.177 e. The number of nitrogens with one attached hydrogen (secondary N) is 1. The predicted molar refractivity (Wildman–Crippen MR) is 90.2 cm³/mol. The largest absolute Gasteiger partial charge is 0.464 e. The second-order valence-electron chi connectivity index (χ2n) is 5.74. The van der Waals surface area contributed by atoms with Gasteiger partial charge in [0.05, 0.1) is 11.8 Å². The quantitative estimate of drug-likeness (QED) is 0.611. The van der Waals surface area contributed by atoms with Gasteiger partial charge in [0.25, 0.3) is 0 Å². The third-order valence-corrected chi connectivity index (χ3v) is 3.96. The zero-order valence-corrected chi connectivity index (χ0v) is 12.9. The first-order valence-electron chi connectivity index (χ1n) is 7.72. The second-order valence-corrected chi connectivity index (χ2v) is 5.74. The van der Waals surface area contributed by atoms with Crippen LogP contribution in [0.25, 0.3) is 22.5 Å². The molecule has 4 nitrogen and oxygen atoms in total. The summed E-state index contributed by atoms with van der Waals surface area (Å²) in [6.07, 6.45) is 5.30. The topological polar surface area (TPSA) is 54.7 Å². The summed E-state index contributed by atoms with van der Waals surface area (Å²) in [5.74, 6) is 1.78. The molecule has 0 atom stereocenters. The Morgan fingerprint density at radius 2 is 1.96 bits per heavy atom. The minimum Gasteiger partial charge on any atom is -0.464 e. The number of benzene rings is 1. The van der Waals surface area contributed by atoms with E-state index in [1.807, 2.05) is 18.2 Å². The van der Waals surface area contributed by atoms with Gasteiger partial charge in [0.15, 0.2) is 5.65 Å². The lowest BCUT2D eigenvalue weighted by Crippen LogP contribution is -1.93. The van der Waals surface area contributed by atoms with Gasteiger partial charge in [-0.3, -0.25) is 0 Å². The van der Waals surface area contributed by atoms with Crippen LogP contribution < -0.4 is 0 Å². The Balaban J connectivity index is 1.55. The first-order valence-corrected chi connectivity index (χ1v) is 7.72. The van der Waals surface area contributed by atoms with Crippen LogP contribution >= 0.6 is 0 Å². The Kier molecular flexibility index (Phi) is 3.42. The van der Waals surface area contributed by atoms with E-state index in [1.54, 1.807) is 12.5 Å². The van der Waals surface area contributed by atoms with E-state index in [4.69, 9.17) is 4.42 Å². The summed E-state index contributed by atoms with van der Waals surface area (Å²) in [7, 11) is 0. The molecule has 1 N–H and O–H groups in total. The van der Waals surface area contributed by atoms with Crippen molar-refractivity contribution in [3.05, 3.63) is 71.9 Å². The molecule has 4 rings (SSSR count). The van der Waals surface area contributed by atoms with Crippen molar-refractivity contribution in [3.8, 4) is 11.3 Å². The van der Waals surface area contributed by atoms with Crippen LogP contribution in [0.4, 0.5) is 0 Å². The van der Waals surface area contributed by atoms with E-state index in [-0.39, 0.29) is 0 Å². The Morgan fingerprint density at radius 3 is 2.74 bits per heavy atom. The lowest BCUT2D eigenvalue weighted by atomic mass is 10.1. The number of aromatic nitrogens is 3. The fourth-order valence-corrected chi connectivity index (χ4v) is 2.66. The van der Waals surface area contributed by atoms with E-state index in [0.717, 1.165) is 41.2 Å². The number of rotatable bonds is 4. The summed E-state index contributed by atoms with van der Waals surface area (Å²) in [4.78, 5) is 12.4. The van der Waals surface area contributed by atoms with Crippen molar-refractivity contribution in [1.82, 2.24) is 15.0 Å². The molecule has 0 amide bonds. The Bertz CT molecular complexity index is 921. The van der Waals surface area contributed by atoms with Crippen LogP contribution in [0.3, 0.4) is 0 Å². The molecule has 0 radical (unpaired) electrons. The van der Waals surface area contributed by atoms with Crippen molar-refractivity contribution in [2.24, 2.45) is 0 Å². The molecule has 3 aromatic heterocycles. The molecule has 4 aromatic rings. The number of fused-ring (bicyclic) bond motifs is 1. The van der Waals surface area contributed by atoms with Gasteiger partial charge in [-0.2, -0.15) is 0 Å². The molecular formula is C19H17N3O. The SMILES string of the molecule is Cc1ccc(CCc2nc3ncc(-c4ccco4)cc3[nH]2)cc1. The van der Waals surface area contributed by atoms with E-state index < -0.39 is 0 Å². The van der Waals surface area contributed by atoms with Crippen LogP contribution in [0.15, 0.2) is 59.3 Å². The van der Waals surface area contributed by atoms with Crippen LogP contribution in [-0.4, -0.2) is 15.0 Å². The molecule has 0 aliphatic heterocycles. The van der Waals surface area contributed by atoms with Gasteiger partial charge in [0.1, 0.15) is 11.6 Å². The van der Waals surface area contributed by atoms with Gasteiger partial charge in [-0.1, -0.05) is 29.8 Å². The normalized spacial score (nSPS) is 11.2. The molecule has 3 heterocycles. The number of aromatic amines is 1. The first kappa shape index (κ1) is 13.8. The average Bonchev–Trinajstić information content (AvgIpc) is 3.23. The number of pyridine rings is 1. The zero-order chi connectivity index (χ0) is 15.6. The molecular weight excluding hydrogens is 286 g/mol. The average molecular weight is 303 g/mol. The van der Waals surface area contributed by atoms with Crippen molar-refractivity contribution >= 4 is 11.2 Å². The molecule has 114 valence electrons. The highest BCUT2D eigenvalue weighted by molar-refractivity contribution is 5.76. The molecule has 0 unspecified atom stereocenters. The van der Waals surface area contributed by atoms with E-state index in [2.05, 4.69) is 46.1 Å². The number of nitrogens with zero attached hydrogens (tertiary/aromatic N) is 2. The lowest BCUT2D eigenvalue weighted by molar-refractivity contribution is 0.582. The number of imidazole rings is 1. The Labute approximate surface area is 134 Å². The van der Waals surface area contributed by atoms with Gasteiger partial charge in [0, 0.05) is 18.2 Å². The number of H-pyrrole nitrogens is 1. The van der Waals surface area contributed by atoms with Gasteiger partial charge in [-0.15, -0.1) is 0 Å². The molecule has 1 aromatic carbocycles. The number of hydrogen-bond donors (Lipinski definition) is 1. The van der Waals surface area contributed by atoms with Crippen LogP contribution in [0.2, 0.25) is 0 Å². The smallest absolute Gasteiger partial charge is 0.177 e. The molecule has 0 saturated carbocycles. The van der Waals surface area contributed by atoms with Gasteiger partial charge < -0.3 is 9.40 Å². The minimum atomic E-state index is 0.749. The number of furan rings is 1. The molecule has 4 heteroatoms.